The van der Waals surface area contributed by atoms with Crippen molar-refractivity contribution in [3.8, 4) is 0 Å². The highest BCUT2D eigenvalue weighted by Crippen LogP contribution is 2.16. The minimum atomic E-state index is -2.49. The Hall–Kier alpha value is -0.603. The first-order valence-electron chi connectivity index (χ1n) is 13.1. The maximum Gasteiger partial charge on any atom is 0.500 e. The molecular formula is C26H55N3O3Si. The Labute approximate surface area is 207 Å². The molecule has 0 atom stereocenters. The van der Waals surface area contributed by atoms with Gasteiger partial charge in [-0.3, -0.25) is 9.98 Å². The molecule has 0 N–H and O–H groups in total. The average Bonchev–Trinajstić information content (AvgIpc) is 2.75. The van der Waals surface area contributed by atoms with Crippen molar-refractivity contribution in [3.05, 3.63) is 0 Å². The van der Waals surface area contributed by atoms with Gasteiger partial charge < -0.3 is 18.2 Å². The number of hydrogen-bond donors (Lipinski definition) is 0. The fourth-order valence-electron chi connectivity index (χ4n) is 4.16. The molecule has 0 bridgehead atoms. The van der Waals surface area contributed by atoms with E-state index in [0.29, 0.717) is 11.8 Å². The third-order valence-electron chi connectivity index (χ3n) is 5.83. The first-order valence-corrected chi connectivity index (χ1v) is 15.0. The highest BCUT2D eigenvalue weighted by Gasteiger charge is 2.36. The van der Waals surface area contributed by atoms with Gasteiger partial charge in [-0.2, -0.15) is 0 Å². The predicted octanol–water partition coefficient (Wildman–Crippen LogP) is 6.13. The summed E-state index contributed by atoms with van der Waals surface area (Å²) in [5, 5.41) is 0. The highest BCUT2D eigenvalue weighted by molar-refractivity contribution is 6.60. The van der Waals surface area contributed by atoms with Crippen LogP contribution in [0.25, 0.3) is 0 Å². The number of rotatable bonds is 21. The molecule has 0 rings (SSSR count). The van der Waals surface area contributed by atoms with Crippen LogP contribution in [-0.4, -0.2) is 79.2 Å². The van der Waals surface area contributed by atoms with Gasteiger partial charge in [0.1, 0.15) is 0 Å². The van der Waals surface area contributed by atoms with Crippen LogP contribution in [0, 0.1) is 11.8 Å². The van der Waals surface area contributed by atoms with Crippen molar-refractivity contribution < 1.29 is 13.3 Å². The molecule has 0 heterocycles. The minimum Gasteiger partial charge on any atom is -0.377 e. The van der Waals surface area contributed by atoms with Crippen LogP contribution < -0.4 is 0 Å². The molecule has 0 aliphatic carbocycles. The molecule has 0 aliphatic rings. The summed E-state index contributed by atoms with van der Waals surface area (Å²) < 4.78 is 16.8. The van der Waals surface area contributed by atoms with Crippen molar-refractivity contribution in [2.45, 2.75) is 92.5 Å². The van der Waals surface area contributed by atoms with E-state index in [-0.39, 0.29) is 0 Å². The van der Waals surface area contributed by atoms with E-state index in [0.717, 1.165) is 70.9 Å². The van der Waals surface area contributed by atoms with Gasteiger partial charge in [0.2, 0.25) is 0 Å². The lowest BCUT2D eigenvalue weighted by molar-refractivity contribution is 0.121. The summed E-state index contributed by atoms with van der Waals surface area (Å²) in [6, 6.07) is 0.852. The van der Waals surface area contributed by atoms with Gasteiger partial charge >= 0.3 is 8.80 Å². The Bertz CT molecular complexity index is 493. The van der Waals surface area contributed by atoms with Gasteiger partial charge in [-0.1, -0.05) is 27.7 Å². The van der Waals surface area contributed by atoms with E-state index >= 15 is 0 Å². The van der Waals surface area contributed by atoms with Gasteiger partial charge in [-0.25, -0.2) is 0 Å². The number of nitrogens with zero attached hydrogens (tertiary/aromatic N) is 3. The van der Waals surface area contributed by atoms with Gasteiger partial charge in [-0.15, -0.1) is 0 Å². The van der Waals surface area contributed by atoms with Gasteiger partial charge in [0.25, 0.3) is 0 Å². The molecule has 0 spiro atoms. The summed E-state index contributed by atoms with van der Waals surface area (Å²) in [5.41, 5.74) is 2.57. The SMILES string of the molecule is CO[Si](CCCN(CCCCN=C(C)CC(C)C)CCCCN=C(C)CC(C)C)(OC)OC. The molecule has 0 aromatic heterocycles. The molecule has 196 valence electrons. The van der Waals surface area contributed by atoms with E-state index in [1.165, 1.54) is 24.3 Å². The largest absolute Gasteiger partial charge is 0.500 e. The molecule has 0 saturated carbocycles. The molecule has 7 heteroatoms. The molecule has 0 unspecified atom stereocenters. The Balaban J connectivity index is 4.53. The van der Waals surface area contributed by atoms with Crippen LogP contribution in [0.5, 0.6) is 0 Å². The van der Waals surface area contributed by atoms with Gasteiger partial charge in [-0.05, 0) is 90.3 Å². The summed E-state index contributed by atoms with van der Waals surface area (Å²) in [5.74, 6) is 1.37. The van der Waals surface area contributed by atoms with Crippen LogP contribution in [0.4, 0.5) is 0 Å². The lowest BCUT2D eigenvalue weighted by Gasteiger charge is -2.27. The zero-order chi connectivity index (χ0) is 25.1. The van der Waals surface area contributed by atoms with Crippen molar-refractivity contribution >= 4 is 20.2 Å². The third kappa shape index (κ3) is 17.5. The lowest BCUT2D eigenvalue weighted by atomic mass is 10.1. The van der Waals surface area contributed by atoms with Crippen LogP contribution in [0.1, 0.15) is 86.5 Å². The molecule has 6 nitrogen and oxygen atoms in total. The van der Waals surface area contributed by atoms with E-state index in [1.807, 2.05) is 0 Å². The fourth-order valence-corrected chi connectivity index (χ4v) is 5.86. The fraction of sp³-hybridized carbons (Fsp3) is 0.923. The Morgan fingerprint density at radius 1 is 0.667 bits per heavy atom. The first kappa shape index (κ1) is 32.4. The molecule has 0 aromatic carbocycles. The van der Waals surface area contributed by atoms with Crippen molar-refractivity contribution in [3.63, 3.8) is 0 Å². The van der Waals surface area contributed by atoms with Crippen molar-refractivity contribution in [2.24, 2.45) is 21.8 Å². The Kier molecular flexibility index (Phi) is 19.3. The summed E-state index contributed by atoms with van der Waals surface area (Å²) >= 11 is 0. The van der Waals surface area contributed by atoms with E-state index in [9.17, 15) is 0 Å². The second-order valence-electron chi connectivity index (χ2n) is 10.1. The number of unbranched alkanes of at least 4 members (excludes halogenated alkanes) is 2. The Morgan fingerprint density at radius 3 is 1.42 bits per heavy atom. The molecule has 0 aliphatic heterocycles. The maximum absolute atomic E-state index is 5.59. The molecule has 0 aromatic rings. The number of aliphatic imine (C=N–C) groups is 2. The second kappa shape index (κ2) is 19.7. The quantitative estimate of drug-likeness (QED) is 0.111. The molecule has 33 heavy (non-hydrogen) atoms. The summed E-state index contributed by atoms with van der Waals surface area (Å²) in [4.78, 5) is 12.1. The lowest BCUT2D eigenvalue weighted by Crippen LogP contribution is -2.43. The van der Waals surface area contributed by atoms with E-state index < -0.39 is 8.80 Å². The third-order valence-corrected chi connectivity index (χ3v) is 8.66. The zero-order valence-electron chi connectivity index (χ0n) is 23.4. The summed E-state index contributed by atoms with van der Waals surface area (Å²) in [6.45, 7) is 18.5. The molecule has 0 radical (unpaired) electrons. The van der Waals surface area contributed by atoms with Crippen molar-refractivity contribution in [2.75, 3.05) is 54.1 Å². The molecule has 0 fully saturated rings. The number of hydrogen-bond acceptors (Lipinski definition) is 6. The maximum atomic E-state index is 5.59. The highest BCUT2D eigenvalue weighted by atomic mass is 28.4. The van der Waals surface area contributed by atoms with Crippen LogP contribution in [0.3, 0.4) is 0 Å². The van der Waals surface area contributed by atoms with Crippen LogP contribution >= 0.6 is 0 Å². The van der Waals surface area contributed by atoms with E-state index in [1.54, 1.807) is 21.3 Å². The van der Waals surface area contributed by atoms with Crippen molar-refractivity contribution in [1.29, 1.82) is 0 Å². The average molecular weight is 486 g/mol. The summed E-state index contributed by atoms with van der Waals surface area (Å²) in [6.07, 6.45) is 7.91. The van der Waals surface area contributed by atoms with Gasteiger partial charge in [0.05, 0.1) is 0 Å². The van der Waals surface area contributed by atoms with Crippen LogP contribution in [0.15, 0.2) is 9.98 Å². The smallest absolute Gasteiger partial charge is 0.377 e. The topological polar surface area (TPSA) is 55.7 Å². The van der Waals surface area contributed by atoms with E-state index in [2.05, 4.69) is 46.4 Å². The molecule has 0 saturated heterocycles. The van der Waals surface area contributed by atoms with E-state index in [4.69, 9.17) is 23.3 Å². The predicted molar refractivity (Wildman–Crippen MR) is 146 cm³/mol. The van der Waals surface area contributed by atoms with Crippen molar-refractivity contribution in [1.82, 2.24) is 4.90 Å². The van der Waals surface area contributed by atoms with Gasteiger partial charge in [0, 0.05) is 51.9 Å². The Morgan fingerprint density at radius 2 is 1.06 bits per heavy atom. The van der Waals surface area contributed by atoms with Crippen LogP contribution in [0.2, 0.25) is 6.04 Å². The summed E-state index contributed by atoms with van der Waals surface area (Å²) in [7, 11) is 2.60. The second-order valence-corrected chi connectivity index (χ2v) is 13.2. The molecular weight excluding hydrogens is 430 g/mol. The van der Waals surface area contributed by atoms with Gasteiger partial charge in [0.15, 0.2) is 0 Å². The molecule has 0 amide bonds. The standard InChI is InChI=1S/C26H55N3O3Si/c1-23(2)21-25(5)27-15-10-12-17-29(19-14-20-33(30-7,31-8)32-9)18-13-11-16-28-26(6)22-24(3)4/h23-24H,10-22H2,1-9H3. The normalized spacial score (nSPS) is 13.7. The zero-order valence-corrected chi connectivity index (χ0v) is 24.4. The first-order chi connectivity index (χ1) is 15.7. The van der Waals surface area contributed by atoms with Crippen LogP contribution in [-0.2, 0) is 13.3 Å². The monoisotopic (exact) mass is 485 g/mol. The minimum absolute atomic E-state index is 0.685.